The van der Waals surface area contributed by atoms with Gasteiger partial charge in [0.2, 0.25) is 0 Å². The lowest BCUT2D eigenvalue weighted by atomic mass is 10.1. The van der Waals surface area contributed by atoms with Gasteiger partial charge in [0.1, 0.15) is 11.6 Å². The number of halogens is 1. The normalized spacial score (nSPS) is 14.6. The fourth-order valence-corrected chi connectivity index (χ4v) is 3.05. The summed E-state index contributed by atoms with van der Waals surface area (Å²) >= 11 is 0. The van der Waals surface area contributed by atoms with E-state index in [0.29, 0.717) is 24.3 Å². The average Bonchev–Trinajstić information content (AvgIpc) is 2.62. The Hall–Kier alpha value is -2.56. The van der Waals surface area contributed by atoms with Crippen LogP contribution in [0.25, 0.3) is 0 Å². The third kappa shape index (κ3) is 3.20. The molecule has 2 aromatic rings. The highest BCUT2D eigenvalue weighted by Gasteiger charge is 2.22. The van der Waals surface area contributed by atoms with Crippen LogP contribution in [0, 0.1) is 5.82 Å². The van der Waals surface area contributed by atoms with Crippen LogP contribution >= 0.6 is 0 Å². The number of Topliss-reactive ketones (excluding diaryl/α,β-unsaturated/α-hetero) is 1. The number of methoxy groups -OCH3 is 1. The molecule has 3 rings (SSSR count). The molecule has 5 heteroatoms. The summed E-state index contributed by atoms with van der Waals surface area (Å²) in [4.78, 5) is 15.8. The van der Waals surface area contributed by atoms with Crippen molar-refractivity contribution in [3.8, 4) is 5.75 Å². The van der Waals surface area contributed by atoms with Crippen LogP contribution in [0.4, 0.5) is 15.8 Å². The number of hydrogen-bond acceptors (Lipinski definition) is 4. The van der Waals surface area contributed by atoms with Crippen LogP contribution < -0.4 is 14.5 Å². The molecule has 1 aliphatic rings. The third-order valence-electron chi connectivity index (χ3n) is 4.40. The van der Waals surface area contributed by atoms with Crippen LogP contribution in [0.2, 0.25) is 0 Å². The van der Waals surface area contributed by atoms with Crippen LogP contribution in [0.5, 0.6) is 5.75 Å². The van der Waals surface area contributed by atoms with Crippen LogP contribution in [-0.2, 0) is 0 Å². The van der Waals surface area contributed by atoms with E-state index in [4.69, 9.17) is 4.74 Å². The summed E-state index contributed by atoms with van der Waals surface area (Å²) in [5, 5.41) is 0. The molecule has 0 radical (unpaired) electrons. The molecule has 0 atom stereocenters. The number of piperazine rings is 1. The quantitative estimate of drug-likeness (QED) is 0.806. The Kier molecular flexibility index (Phi) is 4.69. The van der Waals surface area contributed by atoms with Gasteiger partial charge in [-0.3, -0.25) is 4.79 Å². The molecule has 0 amide bonds. The van der Waals surface area contributed by atoms with E-state index >= 15 is 0 Å². The van der Waals surface area contributed by atoms with Crippen molar-refractivity contribution in [2.24, 2.45) is 0 Å². The molecule has 0 N–H and O–H groups in total. The zero-order chi connectivity index (χ0) is 17.1. The number of benzene rings is 2. The summed E-state index contributed by atoms with van der Waals surface area (Å²) in [5.74, 6) is 0.505. The Morgan fingerprint density at radius 3 is 2.25 bits per heavy atom. The zero-order valence-corrected chi connectivity index (χ0v) is 14.0. The van der Waals surface area contributed by atoms with Crippen molar-refractivity contribution in [2.45, 2.75) is 6.92 Å². The molecule has 1 fully saturated rings. The van der Waals surface area contributed by atoms with Gasteiger partial charge in [-0.2, -0.15) is 0 Å². The number of rotatable bonds is 4. The van der Waals surface area contributed by atoms with Crippen LogP contribution in [0.15, 0.2) is 42.5 Å². The van der Waals surface area contributed by atoms with Gasteiger partial charge in [0.15, 0.2) is 5.78 Å². The smallest absolute Gasteiger partial charge is 0.159 e. The number of anilines is 2. The lowest BCUT2D eigenvalue weighted by Crippen LogP contribution is -2.47. The maximum absolute atomic E-state index is 14.2. The van der Waals surface area contributed by atoms with Crippen molar-refractivity contribution in [1.82, 2.24) is 0 Å². The fourth-order valence-electron chi connectivity index (χ4n) is 3.05. The number of para-hydroxylation sites is 2. The first kappa shape index (κ1) is 16.3. The van der Waals surface area contributed by atoms with Crippen molar-refractivity contribution < 1.29 is 13.9 Å². The number of ketones is 1. The van der Waals surface area contributed by atoms with Crippen LogP contribution in [0.1, 0.15) is 17.3 Å². The standard InChI is InChI=1S/C19H21FN2O2/c1-14(23)15-7-8-16(20)18(13-15)22-11-9-21(10-12-22)17-5-3-4-6-19(17)24-2/h3-8,13H,9-12H2,1-2H3. The second-order valence-electron chi connectivity index (χ2n) is 5.87. The maximum Gasteiger partial charge on any atom is 0.159 e. The molecular weight excluding hydrogens is 307 g/mol. The van der Waals surface area contributed by atoms with Gasteiger partial charge in [-0.15, -0.1) is 0 Å². The fraction of sp³-hybridized carbons (Fsp3) is 0.316. The van der Waals surface area contributed by atoms with Crippen LogP contribution in [0.3, 0.4) is 0 Å². The SMILES string of the molecule is COc1ccccc1N1CCN(c2cc(C(C)=O)ccc2F)CC1. The van der Waals surface area contributed by atoms with Gasteiger partial charge in [-0.25, -0.2) is 4.39 Å². The molecule has 1 aliphatic heterocycles. The van der Waals surface area contributed by atoms with E-state index in [1.807, 2.05) is 29.2 Å². The summed E-state index contributed by atoms with van der Waals surface area (Å²) in [6.07, 6.45) is 0. The molecule has 24 heavy (non-hydrogen) atoms. The van der Waals surface area contributed by atoms with Crippen molar-refractivity contribution in [1.29, 1.82) is 0 Å². The number of hydrogen-bond donors (Lipinski definition) is 0. The average molecular weight is 328 g/mol. The minimum absolute atomic E-state index is 0.0519. The molecule has 0 bridgehead atoms. The summed E-state index contributed by atoms with van der Waals surface area (Å²) in [5.41, 5.74) is 2.10. The minimum atomic E-state index is -0.286. The first-order valence-electron chi connectivity index (χ1n) is 8.03. The molecule has 1 saturated heterocycles. The van der Waals surface area contributed by atoms with Crippen molar-refractivity contribution >= 4 is 17.2 Å². The molecule has 4 nitrogen and oxygen atoms in total. The predicted octanol–water partition coefficient (Wildman–Crippen LogP) is 3.36. The molecule has 0 aliphatic carbocycles. The van der Waals surface area contributed by atoms with Gasteiger partial charge in [-0.05, 0) is 37.3 Å². The summed E-state index contributed by atoms with van der Waals surface area (Å²) in [6, 6.07) is 12.5. The summed E-state index contributed by atoms with van der Waals surface area (Å²) in [7, 11) is 1.66. The Labute approximate surface area is 141 Å². The van der Waals surface area contributed by atoms with Gasteiger partial charge in [0.05, 0.1) is 18.5 Å². The Balaban J connectivity index is 1.76. The monoisotopic (exact) mass is 328 g/mol. The molecule has 126 valence electrons. The van der Waals surface area contributed by atoms with Crippen molar-refractivity contribution in [3.05, 3.63) is 53.8 Å². The Bertz CT molecular complexity index is 740. The molecule has 2 aromatic carbocycles. The van der Waals surface area contributed by atoms with E-state index in [0.717, 1.165) is 24.5 Å². The maximum atomic E-state index is 14.2. The number of carbonyl (C=O) groups excluding carboxylic acids is 1. The first-order valence-corrected chi connectivity index (χ1v) is 8.03. The van der Waals surface area contributed by atoms with E-state index in [1.54, 1.807) is 13.2 Å². The van der Waals surface area contributed by atoms with Gasteiger partial charge in [-0.1, -0.05) is 12.1 Å². The highest BCUT2D eigenvalue weighted by molar-refractivity contribution is 5.95. The number of ether oxygens (including phenoxy) is 1. The molecule has 0 unspecified atom stereocenters. The van der Waals surface area contributed by atoms with E-state index in [1.165, 1.54) is 19.1 Å². The second kappa shape index (κ2) is 6.91. The topological polar surface area (TPSA) is 32.8 Å². The second-order valence-corrected chi connectivity index (χ2v) is 5.87. The first-order chi connectivity index (χ1) is 11.6. The Morgan fingerprint density at radius 1 is 1.00 bits per heavy atom. The number of carbonyl (C=O) groups is 1. The van der Waals surface area contributed by atoms with Crippen molar-refractivity contribution in [2.75, 3.05) is 43.1 Å². The van der Waals surface area contributed by atoms with Gasteiger partial charge in [0.25, 0.3) is 0 Å². The Morgan fingerprint density at radius 2 is 1.62 bits per heavy atom. The molecule has 0 spiro atoms. The van der Waals surface area contributed by atoms with Gasteiger partial charge in [0, 0.05) is 31.7 Å². The van der Waals surface area contributed by atoms with E-state index in [-0.39, 0.29) is 11.6 Å². The lowest BCUT2D eigenvalue weighted by molar-refractivity contribution is 0.101. The lowest BCUT2D eigenvalue weighted by Gasteiger charge is -2.38. The third-order valence-corrected chi connectivity index (χ3v) is 4.40. The van der Waals surface area contributed by atoms with Crippen LogP contribution in [-0.4, -0.2) is 39.1 Å². The van der Waals surface area contributed by atoms with E-state index in [9.17, 15) is 9.18 Å². The minimum Gasteiger partial charge on any atom is -0.495 e. The molecule has 0 aromatic heterocycles. The molecule has 1 heterocycles. The highest BCUT2D eigenvalue weighted by atomic mass is 19.1. The van der Waals surface area contributed by atoms with Gasteiger partial charge < -0.3 is 14.5 Å². The van der Waals surface area contributed by atoms with E-state index < -0.39 is 0 Å². The van der Waals surface area contributed by atoms with Crippen molar-refractivity contribution in [3.63, 3.8) is 0 Å². The van der Waals surface area contributed by atoms with Gasteiger partial charge >= 0.3 is 0 Å². The summed E-state index contributed by atoms with van der Waals surface area (Å²) < 4.78 is 19.6. The highest BCUT2D eigenvalue weighted by Crippen LogP contribution is 2.30. The molecule has 0 saturated carbocycles. The van der Waals surface area contributed by atoms with E-state index in [2.05, 4.69) is 4.90 Å². The summed E-state index contributed by atoms with van der Waals surface area (Å²) in [6.45, 7) is 4.41. The number of nitrogens with zero attached hydrogens (tertiary/aromatic N) is 2. The molecular formula is C19H21FN2O2. The zero-order valence-electron chi connectivity index (χ0n) is 14.0. The largest absolute Gasteiger partial charge is 0.495 e. The predicted molar refractivity (Wildman–Crippen MR) is 93.8 cm³/mol.